The molecule has 2 heterocycles. The molecular weight excluding hydrogens is 232 g/mol. The van der Waals surface area contributed by atoms with Gasteiger partial charge in [-0.05, 0) is 6.07 Å². The van der Waals surface area contributed by atoms with Gasteiger partial charge >= 0.3 is 0 Å². The van der Waals surface area contributed by atoms with Crippen molar-refractivity contribution in [3.8, 4) is 0 Å². The first-order chi connectivity index (χ1) is 8.09. The third-order valence-corrected chi connectivity index (χ3v) is 2.40. The zero-order valence-corrected chi connectivity index (χ0v) is 8.74. The Hall–Kier alpha value is -2.05. The summed E-state index contributed by atoms with van der Waals surface area (Å²) in [6, 6.07) is 1.09. The standard InChI is InChI=1S/C10H9F2N3O2/c11-8-6(1-2-14-9(8)12)10(17)15-4-3-13-7(16)5-15/h1-2H,3-5H2,(H,13,16). The van der Waals surface area contributed by atoms with Gasteiger partial charge in [-0.1, -0.05) is 0 Å². The van der Waals surface area contributed by atoms with E-state index in [4.69, 9.17) is 0 Å². The molecule has 0 aromatic carbocycles. The lowest BCUT2D eigenvalue weighted by atomic mass is 10.2. The third-order valence-electron chi connectivity index (χ3n) is 2.40. The summed E-state index contributed by atoms with van der Waals surface area (Å²) in [5.41, 5.74) is -0.410. The van der Waals surface area contributed by atoms with Crippen LogP contribution in [0.3, 0.4) is 0 Å². The summed E-state index contributed by atoms with van der Waals surface area (Å²) in [5, 5.41) is 2.53. The van der Waals surface area contributed by atoms with Crippen molar-refractivity contribution in [3.63, 3.8) is 0 Å². The maximum Gasteiger partial charge on any atom is 0.257 e. The number of nitrogens with zero attached hydrogens (tertiary/aromatic N) is 2. The predicted octanol–water partition coefficient (Wildman–Crippen LogP) is -0.0682. The van der Waals surface area contributed by atoms with Gasteiger partial charge in [0.2, 0.25) is 11.9 Å². The minimum absolute atomic E-state index is 0.151. The van der Waals surface area contributed by atoms with Gasteiger partial charge in [0.25, 0.3) is 5.91 Å². The molecule has 1 aromatic heterocycles. The number of hydrogen-bond acceptors (Lipinski definition) is 3. The highest BCUT2D eigenvalue weighted by atomic mass is 19.2. The number of carbonyl (C=O) groups is 2. The van der Waals surface area contributed by atoms with Crippen molar-refractivity contribution < 1.29 is 18.4 Å². The van der Waals surface area contributed by atoms with Crippen LogP contribution in [0.15, 0.2) is 12.3 Å². The highest BCUT2D eigenvalue weighted by Gasteiger charge is 2.25. The first-order valence-corrected chi connectivity index (χ1v) is 4.95. The van der Waals surface area contributed by atoms with Crippen molar-refractivity contribution >= 4 is 11.8 Å². The summed E-state index contributed by atoms with van der Waals surface area (Å²) in [7, 11) is 0. The van der Waals surface area contributed by atoms with E-state index in [1.807, 2.05) is 0 Å². The normalized spacial score (nSPS) is 15.6. The fourth-order valence-electron chi connectivity index (χ4n) is 1.57. The van der Waals surface area contributed by atoms with Crippen molar-refractivity contribution in [2.75, 3.05) is 19.6 Å². The average molecular weight is 241 g/mol. The van der Waals surface area contributed by atoms with Gasteiger partial charge in [-0.3, -0.25) is 9.59 Å². The van der Waals surface area contributed by atoms with E-state index in [9.17, 15) is 18.4 Å². The monoisotopic (exact) mass is 241 g/mol. The molecule has 1 aliphatic heterocycles. The Balaban J connectivity index is 2.24. The Morgan fingerprint density at radius 1 is 1.47 bits per heavy atom. The van der Waals surface area contributed by atoms with E-state index in [-0.39, 0.29) is 19.0 Å². The Kier molecular flexibility index (Phi) is 2.99. The molecule has 0 unspecified atom stereocenters. The number of pyridine rings is 1. The zero-order valence-electron chi connectivity index (χ0n) is 8.74. The Labute approximate surface area is 95.4 Å². The lowest BCUT2D eigenvalue weighted by Crippen LogP contribution is -2.50. The van der Waals surface area contributed by atoms with E-state index in [0.717, 1.165) is 17.2 Å². The van der Waals surface area contributed by atoms with Crippen molar-refractivity contribution in [1.82, 2.24) is 15.2 Å². The molecule has 1 aromatic rings. The Morgan fingerprint density at radius 2 is 2.24 bits per heavy atom. The number of piperazine rings is 1. The summed E-state index contributed by atoms with van der Waals surface area (Å²) in [6.07, 6.45) is 1.01. The number of amides is 2. The summed E-state index contributed by atoms with van der Waals surface area (Å²) in [5.74, 6) is -3.64. The van der Waals surface area contributed by atoms with E-state index in [0.29, 0.717) is 6.54 Å². The number of rotatable bonds is 1. The van der Waals surface area contributed by atoms with Gasteiger partial charge in [-0.2, -0.15) is 4.39 Å². The molecule has 5 nitrogen and oxygen atoms in total. The highest BCUT2D eigenvalue weighted by molar-refractivity contribution is 5.97. The average Bonchev–Trinajstić information content (AvgIpc) is 2.32. The van der Waals surface area contributed by atoms with Crippen LogP contribution >= 0.6 is 0 Å². The van der Waals surface area contributed by atoms with Crippen LogP contribution < -0.4 is 5.32 Å². The molecule has 7 heteroatoms. The fraction of sp³-hybridized carbons (Fsp3) is 0.300. The topological polar surface area (TPSA) is 62.3 Å². The fourth-order valence-corrected chi connectivity index (χ4v) is 1.57. The number of hydrogen-bond donors (Lipinski definition) is 1. The van der Waals surface area contributed by atoms with Crippen molar-refractivity contribution in [3.05, 3.63) is 29.6 Å². The van der Waals surface area contributed by atoms with E-state index >= 15 is 0 Å². The molecule has 2 rings (SSSR count). The lowest BCUT2D eigenvalue weighted by Gasteiger charge is -2.26. The van der Waals surface area contributed by atoms with Gasteiger partial charge in [-0.15, -0.1) is 0 Å². The van der Waals surface area contributed by atoms with Crippen LogP contribution in [0.25, 0.3) is 0 Å². The number of nitrogens with one attached hydrogen (secondary N) is 1. The van der Waals surface area contributed by atoms with Crippen molar-refractivity contribution in [1.29, 1.82) is 0 Å². The molecule has 0 radical (unpaired) electrons. The molecule has 1 saturated heterocycles. The second-order valence-corrected chi connectivity index (χ2v) is 3.54. The highest BCUT2D eigenvalue weighted by Crippen LogP contribution is 2.12. The van der Waals surface area contributed by atoms with Crippen molar-refractivity contribution in [2.24, 2.45) is 0 Å². The maximum absolute atomic E-state index is 13.3. The van der Waals surface area contributed by atoms with E-state index in [1.54, 1.807) is 0 Å². The summed E-state index contributed by atoms with van der Waals surface area (Å²) < 4.78 is 26.2. The van der Waals surface area contributed by atoms with Gasteiger partial charge in [0.1, 0.15) is 0 Å². The predicted molar refractivity (Wildman–Crippen MR) is 53.1 cm³/mol. The second-order valence-electron chi connectivity index (χ2n) is 3.54. The minimum Gasteiger partial charge on any atom is -0.353 e. The molecule has 0 aliphatic carbocycles. The van der Waals surface area contributed by atoms with E-state index in [1.165, 1.54) is 0 Å². The van der Waals surface area contributed by atoms with Crippen LogP contribution in [0.2, 0.25) is 0 Å². The number of aromatic nitrogens is 1. The minimum atomic E-state index is -1.32. The van der Waals surface area contributed by atoms with Crippen LogP contribution in [0.4, 0.5) is 8.78 Å². The third kappa shape index (κ3) is 2.22. The summed E-state index contributed by atoms with van der Waals surface area (Å²) >= 11 is 0. The molecule has 17 heavy (non-hydrogen) atoms. The molecule has 1 fully saturated rings. The van der Waals surface area contributed by atoms with Gasteiger partial charge in [0.15, 0.2) is 5.82 Å². The number of carbonyl (C=O) groups excluding carboxylic acids is 2. The SMILES string of the molecule is O=C1CN(C(=O)c2ccnc(F)c2F)CCN1. The molecule has 1 aliphatic rings. The summed E-state index contributed by atoms with van der Waals surface area (Å²) in [4.78, 5) is 27.2. The molecule has 0 saturated carbocycles. The van der Waals surface area contributed by atoms with Crippen LogP contribution in [0.1, 0.15) is 10.4 Å². The molecule has 0 spiro atoms. The maximum atomic E-state index is 13.3. The molecule has 0 bridgehead atoms. The van der Waals surface area contributed by atoms with E-state index in [2.05, 4.69) is 10.3 Å². The second kappa shape index (κ2) is 4.44. The first-order valence-electron chi connectivity index (χ1n) is 4.95. The zero-order chi connectivity index (χ0) is 12.4. The van der Waals surface area contributed by atoms with Crippen LogP contribution in [-0.4, -0.2) is 41.3 Å². The van der Waals surface area contributed by atoms with Crippen LogP contribution in [-0.2, 0) is 4.79 Å². The molecule has 2 amide bonds. The van der Waals surface area contributed by atoms with Gasteiger partial charge in [-0.25, -0.2) is 9.37 Å². The van der Waals surface area contributed by atoms with Gasteiger partial charge in [0, 0.05) is 19.3 Å². The van der Waals surface area contributed by atoms with E-state index < -0.39 is 23.2 Å². The van der Waals surface area contributed by atoms with Crippen LogP contribution in [0, 0.1) is 11.8 Å². The molecular formula is C10H9F2N3O2. The van der Waals surface area contributed by atoms with Crippen molar-refractivity contribution in [2.45, 2.75) is 0 Å². The van der Waals surface area contributed by atoms with Gasteiger partial charge in [0.05, 0.1) is 12.1 Å². The van der Waals surface area contributed by atoms with Gasteiger partial charge < -0.3 is 10.2 Å². The smallest absolute Gasteiger partial charge is 0.257 e. The van der Waals surface area contributed by atoms with Crippen LogP contribution in [0.5, 0.6) is 0 Å². The number of halogens is 2. The Bertz CT molecular complexity index is 479. The molecule has 0 atom stereocenters. The quantitative estimate of drug-likeness (QED) is 0.700. The first kappa shape index (κ1) is 11.4. The molecule has 1 N–H and O–H groups in total. The summed E-state index contributed by atoms with van der Waals surface area (Å²) in [6.45, 7) is 0.427. The largest absolute Gasteiger partial charge is 0.353 e. The molecule has 90 valence electrons. The lowest BCUT2D eigenvalue weighted by molar-refractivity contribution is -0.123. The Morgan fingerprint density at radius 3 is 2.94 bits per heavy atom.